The van der Waals surface area contributed by atoms with Gasteiger partial charge in [-0.15, -0.1) is 0 Å². The molecule has 148 valence electrons. The Kier molecular flexibility index (Phi) is 8.34. The zero-order valence-electron chi connectivity index (χ0n) is 15.6. The molecule has 10 heteroatoms. The highest BCUT2D eigenvalue weighted by atomic mass is 32.2. The highest BCUT2D eigenvalue weighted by Gasteiger charge is 2.11. The minimum Gasteiger partial charge on any atom is -0.464 e. The van der Waals surface area contributed by atoms with Crippen molar-refractivity contribution >= 4 is 23.5 Å². The lowest BCUT2D eigenvalue weighted by Gasteiger charge is -2.06. The Bertz CT molecular complexity index is 743. The summed E-state index contributed by atoms with van der Waals surface area (Å²) in [6.07, 6.45) is 2.49. The molecule has 0 aliphatic rings. The third kappa shape index (κ3) is 7.83. The normalized spacial score (nSPS) is 11.1. The molecule has 0 aliphatic heterocycles. The van der Waals surface area contributed by atoms with Gasteiger partial charge in [0.1, 0.15) is 11.5 Å². The molecule has 0 atom stereocenters. The molecule has 2 aromatic heterocycles. The second-order valence-corrected chi connectivity index (χ2v) is 7.41. The second kappa shape index (κ2) is 10.7. The summed E-state index contributed by atoms with van der Waals surface area (Å²) in [4.78, 5) is 23.9. The van der Waals surface area contributed by atoms with Crippen LogP contribution in [0.5, 0.6) is 0 Å². The molecule has 0 spiro atoms. The molecule has 0 saturated heterocycles. The van der Waals surface area contributed by atoms with Crippen LogP contribution in [-0.4, -0.2) is 51.9 Å². The van der Waals surface area contributed by atoms with Gasteiger partial charge in [0.15, 0.2) is 0 Å². The van der Waals surface area contributed by atoms with Crippen LogP contribution < -0.4 is 5.32 Å². The lowest BCUT2D eigenvalue weighted by atomic mass is 10.3. The zero-order valence-corrected chi connectivity index (χ0v) is 16.4. The van der Waals surface area contributed by atoms with E-state index in [0.29, 0.717) is 25.9 Å². The Morgan fingerprint density at radius 2 is 2.15 bits per heavy atom. The molecule has 0 saturated carbocycles. The first kappa shape index (κ1) is 21.0. The lowest BCUT2D eigenvalue weighted by molar-refractivity contribution is -0.389. The predicted molar refractivity (Wildman–Crippen MR) is 103 cm³/mol. The standard InChI is InChI=1S/C17H25N5O4S/c1-20(2)12-14-5-6-15(26-14)13-27-11-8-18-17(23)4-3-9-21-10-7-16(19-21)22(24)25/h5-7,10H,3-4,8-9,11-13H2,1-2H3,(H,18,23). The first-order valence-electron chi connectivity index (χ1n) is 8.68. The Balaban J connectivity index is 1.53. The summed E-state index contributed by atoms with van der Waals surface area (Å²) in [6.45, 7) is 1.86. The topological polar surface area (TPSA) is 106 Å². The largest absolute Gasteiger partial charge is 0.464 e. The van der Waals surface area contributed by atoms with E-state index >= 15 is 0 Å². The van der Waals surface area contributed by atoms with Gasteiger partial charge in [0.25, 0.3) is 0 Å². The summed E-state index contributed by atoms with van der Waals surface area (Å²) in [6, 6.07) is 5.33. The number of thioether (sulfide) groups is 1. The van der Waals surface area contributed by atoms with Crippen LogP contribution in [0.1, 0.15) is 24.4 Å². The number of rotatable bonds is 12. The van der Waals surface area contributed by atoms with Gasteiger partial charge in [-0.05, 0) is 37.6 Å². The number of nitro groups is 1. The molecular formula is C17H25N5O4S. The van der Waals surface area contributed by atoms with E-state index in [9.17, 15) is 14.9 Å². The fraction of sp³-hybridized carbons (Fsp3) is 0.529. The van der Waals surface area contributed by atoms with Crippen molar-refractivity contribution in [1.29, 1.82) is 0 Å². The van der Waals surface area contributed by atoms with E-state index in [-0.39, 0.29) is 11.7 Å². The lowest BCUT2D eigenvalue weighted by Crippen LogP contribution is -2.25. The zero-order chi connectivity index (χ0) is 19.6. The van der Waals surface area contributed by atoms with E-state index in [1.54, 1.807) is 18.0 Å². The SMILES string of the molecule is CN(C)Cc1ccc(CSCCNC(=O)CCCn2ccc([N+](=O)[O-])n2)o1. The van der Waals surface area contributed by atoms with Gasteiger partial charge in [0.2, 0.25) is 5.91 Å². The Labute approximate surface area is 162 Å². The first-order chi connectivity index (χ1) is 12.9. The number of amides is 1. The number of hydrogen-bond acceptors (Lipinski definition) is 7. The van der Waals surface area contributed by atoms with Crippen molar-refractivity contribution in [3.63, 3.8) is 0 Å². The molecule has 1 amide bonds. The fourth-order valence-corrected chi connectivity index (χ4v) is 3.14. The fourth-order valence-electron chi connectivity index (χ4n) is 2.39. The van der Waals surface area contributed by atoms with Crippen molar-refractivity contribution in [2.45, 2.75) is 31.7 Å². The summed E-state index contributed by atoms with van der Waals surface area (Å²) >= 11 is 1.71. The number of nitrogens with one attached hydrogen (secondary N) is 1. The Hall–Kier alpha value is -2.33. The third-order valence-corrected chi connectivity index (χ3v) is 4.59. The number of furan rings is 1. The molecule has 0 bridgehead atoms. The monoisotopic (exact) mass is 395 g/mol. The minimum atomic E-state index is -0.535. The summed E-state index contributed by atoms with van der Waals surface area (Å²) in [5.41, 5.74) is 0. The molecule has 0 fully saturated rings. The van der Waals surface area contributed by atoms with Crippen LogP contribution in [-0.2, 0) is 23.6 Å². The van der Waals surface area contributed by atoms with Gasteiger partial charge in [0, 0.05) is 18.7 Å². The maximum atomic E-state index is 11.8. The molecule has 2 rings (SSSR count). The number of nitrogens with zero attached hydrogens (tertiary/aromatic N) is 4. The van der Waals surface area contributed by atoms with Gasteiger partial charge in [-0.3, -0.25) is 4.79 Å². The molecule has 0 radical (unpaired) electrons. The van der Waals surface area contributed by atoms with E-state index in [1.807, 2.05) is 26.2 Å². The van der Waals surface area contributed by atoms with Gasteiger partial charge in [-0.1, -0.05) is 0 Å². The van der Waals surface area contributed by atoms with E-state index < -0.39 is 4.92 Å². The van der Waals surface area contributed by atoms with Crippen LogP contribution in [0, 0.1) is 10.1 Å². The minimum absolute atomic E-state index is 0.0245. The number of hydrogen-bond donors (Lipinski definition) is 1. The predicted octanol–water partition coefficient (Wildman–Crippen LogP) is 2.28. The van der Waals surface area contributed by atoms with Crippen molar-refractivity contribution in [2.24, 2.45) is 0 Å². The van der Waals surface area contributed by atoms with Crippen molar-refractivity contribution in [3.8, 4) is 0 Å². The molecule has 27 heavy (non-hydrogen) atoms. The molecule has 0 aromatic carbocycles. The van der Waals surface area contributed by atoms with E-state index in [0.717, 1.165) is 29.6 Å². The summed E-state index contributed by atoms with van der Waals surface area (Å²) < 4.78 is 7.21. The number of carbonyl (C=O) groups excluding carboxylic acids is 1. The molecule has 2 heterocycles. The summed E-state index contributed by atoms with van der Waals surface area (Å²) in [5.74, 6) is 3.27. The summed E-state index contributed by atoms with van der Waals surface area (Å²) in [7, 11) is 4.00. The maximum Gasteiger partial charge on any atom is 0.389 e. The van der Waals surface area contributed by atoms with Crippen LogP contribution in [0.4, 0.5) is 5.82 Å². The van der Waals surface area contributed by atoms with Crippen molar-refractivity contribution in [1.82, 2.24) is 20.0 Å². The molecular weight excluding hydrogens is 370 g/mol. The average Bonchev–Trinajstić information content (AvgIpc) is 3.24. The smallest absolute Gasteiger partial charge is 0.389 e. The Morgan fingerprint density at radius 1 is 1.37 bits per heavy atom. The van der Waals surface area contributed by atoms with Crippen LogP contribution in [0.3, 0.4) is 0 Å². The quantitative estimate of drug-likeness (QED) is 0.334. The first-order valence-corrected chi connectivity index (χ1v) is 9.84. The van der Waals surface area contributed by atoms with Gasteiger partial charge < -0.3 is 24.7 Å². The highest BCUT2D eigenvalue weighted by molar-refractivity contribution is 7.98. The van der Waals surface area contributed by atoms with E-state index in [1.165, 1.54) is 10.7 Å². The van der Waals surface area contributed by atoms with Crippen molar-refractivity contribution in [2.75, 3.05) is 26.4 Å². The highest BCUT2D eigenvalue weighted by Crippen LogP contribution is 2.16. The van der Waals surface area contributed by atoms with Gasteiger partial charge in [0.05, 0.1) is 36.2 Å². The van der Waals surface area contributed by atoms with Gasteiger partial charge >= 0.3 is 5.82 Å². The molecule has 1 N–H and O–H groups in total. The third-order valence-electron chi connectivity index (χ3n) is 3.61. The molecule has 0 aliphatic carbocycles. The van der Waals surface area contributed by atoms with E-state index in [2.05, 4.69) is 15.3 Å². The number of aromatic nitrogens is 2. The van der Waals surface area contributed by atoms with Crippen LogP contribution in [0.15, 0.2) is 28.8 Å². The number of carbonyl (C=O) groups is 1. The Morgan fingerprint density at radius 3 is 2.85 bits per heavy atom. The van der Waals surface area contributed by atoms with Crippen LogP contribution in [0.25, 0.3) is 0 Å². The van der Waals surface area contributed by atoms with Gasteiger partial charge in [-0.25, -0.2) is 0 Å². The number of aryl methyl sites for hydroxylation is 1. The molecule has 0 unspecified atom stereocenters. The van der Waals surface area contributed by atoms with Crippen LogP contribution in [0.2, 0.25) is 0 Å². The summed E-state index contributed by atoms with van der Waals surface area (Å²) in [5, 5.41) is 17.2. The van der Waals surface area contributed by atoms with E-state index in [4.69, 9.17) is 4.42 Å². The van der Waals surface area contributed by atoms with Crippen molar-refractivity contribution in [3.05, 3.63) is 46.0 Å². The molecule has 9 nitrogen and oxygen atoms in total. The van der Waals surface area contributed by atoms with Crippen LogP contribution >= 0.6 is 11.8 Å². The molecule has 2 aromatic rings. The average molecular weight is 395 g/mol. The second-order valence-electron chi connectivity index (χ2n) is 6.31. The maximum absolute atomic E-state index is 11.8. The van der Waals surface area contributed by atoms with Crippen molar-refractivity contribution < 1.29 is 14.1 Å². The van der Waals surface area contributed by atoms with Gasteiger partial charge in [-0.2, -0.15) is 16.4 Å².